The number of morpholine rings is 1. The standard InChI is InChI=1S/C22H25N5O2/c1-17-15-25-22(18-7-8-20(24-16-18)27-10-13-28-14-11-27)26-21(17)23-9-12-29-19-5-3-2-4-6-19/h2-8,15-16H,9-14H2,1H3,(H,23,25,26). The molecule has 1 N–H and O–H groups in total. The zero-order valence-corrected chi connectivity index (χ0v) is 16.5. The van der Waals surface area contributed by atoms with Crippen molar-refractivity contribution in [3.8, 4) is 17.1 Å². The number of nitrogens with one attached hydrogen (secondary N) is 1. The van der Waals surface area contributed by atoms with Gasteiger partial charge < -0.3 is 19.7 Å². The van der Waals surface area contributed by atoms with Crippen molar-refractivity contribution in [3.05, 3.63) is 60.4 Å². The minimum absolute atomic E-state index is 0.554. The summed E-state index contributed by atoms with van der Waals surface area (Å²) in [4.78, 5) is 16.0. The summed E-state index contributed by atoms with van der Waals surface area (Å²) in [5, 5.41) is 3.34. The number of aryl methyl sites for hydroxylation is 1. The highest BCUT2D eigenvalue weighted by Crippen LogP contribution is 2.21. The summed E-state index contributed by atoms with van der Waals surface area (Å²) in [5.74, 6) is 3.29. The van der Waals surface area contributed by atoms with Gasteiger partial charge in [0, 0.05) is 36.6 Å². The van der Waals surface area contributed by atoms with Crippen molar-refractivity contribution in [2.24, 2.45) is 0 Å². The first kappa shape index (κ1) is 19.1. The van der Waals surface area contributed by atoms with Crippen molar-refractivity contribution in [1.29, 1.82) is 0 Å². The molecule has 0 radical (unpaired) electrons. The second-order valence-electron chi connectivity index (χ2n) is 6.82. The molecular formula is C22H25N5O2. The molecule has 0 unspecified atom stereocenters. The van der Waals surface area contributed by atoms with Crippen molar-refractivity contribution in [2.45, 2.75) is 6.92 Å². The molecule has 29 heavy (non-hydrogen) atoms. The Bertz CT molecular complexity index is 912. The summed E-state index contributed by atoms with van der Waals surface area (Å²) in [6.07, 6.45) is 3.66. The van der Waals surface area contributed by atoms with Crippen molar-refractivity contribution in [2.75, 3.05) is 49.7 Å². The van der Waals surface area contributed by atoms with E-state index in [0.29, 0.717) is 19.0 Å². The smallest absolute Gasteiger partial charge is 0.163 e. The van der Waals surface area contributed by atoms with E-state index in [-0.39, 0.29) is 0 Å². The zero-order valence-electron chi connectivity index (χ0n) is 16.5. The molecule has 0 atom stereocenters. The Morgan fingerprint density at radius 3 is 2.62 bits per heavy atom. The van der Waals surface area contributed by atoms with Crippen LogP contribution in [0.3, 0.4) is 0 Å². The van der Waals surface area contributed by atoms with Crippen molar-refractivity contribution >= 4 is 11.6 Å². The molecule has 1 aromatic carbocycles. The molecule has 3 aromatic rings. The first-order valence-electron chi connectivity index (χ1n) is 9.84. The van der Waals surface area contributed by atoms with Gasteiger partial charge in [0.15, 0.2) is 5.82 Å². The Hall–Kier alpha value is -3.19. The van der Waals surface area contributed by atoms with Crippen LogP contribution in [0.1, 0.15) is 5.56 Å². The number of rotatable bonds is 7. The van der Waals surface area contributed by atoms with Crippen LogP contribution in [0.15, 0.2) is 54.9 Å². The molecule has 7 nitrogen and oxygen atoms in total. The van der Waals surface area contributed by atoms with E-state index in [2.05, 4.69) is 25.2 Å². The first-order valence-corrected chi connectivity index (χ1v) is 9.84. The van der Waals surface area contributed by atoms with Gasteiger partial charge in [0.05, 0.1) is 19.8 Å². The van der Waals surface area contributed by atoms with Gasteiger partial charge in [-0.3, -0.25) is 0 Å². The van der Waals surface area contributed by atoms with Crippen LogP contribution in [0.25, 0.3) is 11.4 Å². The maximum atomic E-state index is 5.72. The molecule has 0 bridgehead atoms. The lowest BCUT2D eigenvalue weighted by Gasteiger charge is -2.27. The average molecular weight is 391 g/mol. The number of anilines is 2. The maximum Gasteiger partial charge on any atom is 0.163 e. The lowest BCUT2D eigenvalue weighted by molar-refractivity contribution is 0.122. The minimum atomic E-state index is 0.554. The van der Waals surface area contributed by atoms with E-state index in [9.17, 15) is 0 Å². The number of para-hydroxylation sites is 1. The van der Waals surface area contributed by atoms with Crippen LogP contribution in [0.4, 0.5) is 11.6 Å². The number of ether oxygens (including phenoxy) is 2. The fourth-order valence-electron chi connectivity index (χ4n) is 3.11. The van der Waals surface area contributed by atoms with Crippen LogP contribution in [-0.2, 0) is 4.74 Å². The molecule has 0 spiro atoms. The van der Waals surface area contributed by atoms with Crippen LogP contribution in [0.2, 0.25) is 0 Å². The summed E-state index contributed by atoms with van der Waals surface area (Å²) >= 11 is 0. The SMILES string of the molecule is Cc1cnc(-c2ccc(N3CCOCC3)nc2)nc1NCCOc1ccccc1. The predicted octanol–water partition coefficient (Wildman–Crippen LogP) is 3.17. The highest BCUT2D eigenvalue weighted by Gasteiger charge is 2.13. The minimum Gasteiger partial charge on any atom is -0.492 e. The Morgan fingerprint density at radius 2 is 1.86 bits per heavy atom. The van der Waals surface area contributed by atoms with E-state index in [1.54, 1.807) is 0 Å². The quantitative estimate of drug-likeness (QED) is 0.620. The van der Waals surface area contributed by atoms with Gasteiger partial charge in [-0.15, -0.1) is 0 Å². The molecule has 0 aliphatic carbocycles. The topological polar surface area (TPSA) is 72.4 Å². The fourth-order valence-corrected chi connectivity index (χ4v) is 3.11. The van der Waals surface area contributed by atoms with Gasteiger partial charge in [-0.2, -0.15) is 0 Å². The molecule has 1 aliphatic rings. The molecule has 1 saturated heterocycles. The third kappa shape index (κ3) is 5.00. The normalized spacial score (nSPS) is 13.9. The van der Waals surface area contributed by atoms with Crippen molar-refractivity contribution in [1.82, 2.24) is 15.0 Å². The number of benzene rings is 1. The summed E-state index contributed by atoms with van der Waals surface area (Å²) < 4.78 is 11.1. The number of aromatic nitrogens is 3. The lowest BCUT2D eigenvalue weighted by atomic mass is 10.2. The second kappa shape index (κ2) is 9.34. The maximum absolute atomic E-state index is 5.72. The van der Waals surface area contributed by atoms with Gasteiger partial charge in [-0.05, 0) is 31.2 Å². The lowest BCUT2D eigenvalue weighted by Crippen LogP contribution is -2.36. The van der Waals surface area contributed by atoms with Gasteiger partial charge in [0.1, 0.15) is 24.0 Å². The summed E-state index contributed by atoms with van der Waals surface area (Å²) in [6.45, 7) is 6.42. The highest BCUT2D eigenvalue weighted by molar-refractivity contribution is 5.59. The Kier molecular flexibility index (Phi) is 6.16. The first-order chi connectivity index (χ1) is 14.3. The van der Waals surface area contributed by atoms with Gasteiger partial charge in [-0.25, -0.2) is 15.0 Å². The van der Waals surface area contributed by atoms with E-state index in [4.69, 9.17) is 9.47 Å². The third-order valence-corrected chi connectivity index (χ3v) is 4.72. The molecule has 0 saturated carbocycles. The van der Waals surface area contributed by atoms with E-state index in [1.807, 2.05) is 61.8 Å². The monoisotopic (exact) mass is 391 g/mol. The Balaban J connectivity index is 1.38. The van der Waals surface area contributed by atoms with Crippen LogP contribution in [0.5, 0.6) is 5.75 Å². The average Bonchev–Trinajstić information content (AvgIpc) is 2.79. The van der Waals surface area contributed by atoms with Crippen LogP contribution in [-0.4, -0.2) is 54.4 Å². The van der Waals surface area contributed by atoms with E-state index in [1.165, 1.54) is 0 Å². The second-order valence-corrected chi connectivity index (χ2v) is 6.82. The molecule has 3 heterocycles. The molecule has 1 aliphatic heterocycles. The Labute approximate surface area is 170 Å². The summed E-state index contributed by atoms with van der Waals surface area (Å²) in [6, 6.07) is 13.8. The number of hydrogen-bond acceptors (Lipinski definition) is 7. The molecule has 4 rings (SSSR count). The van der Waals surface area contributed by atoms with Gasteiger partial charge in [0.25, 0.3) is 0 Å². The van der Waals surface area contributed by atoms with Crippen molar-refractivity contribution in [3.63, 3.8) is 0 Å². The van der Waals surface area contributed by atoms with Gasteiger partial charge >= 0.3 is 0 Å². The molecule has 1 fully saturated rings. The molecule has 7 heteroatoms. The molecule has 0 amide bonds. The highest BCUT2D eigenvalue weighted by atomic mass is 16.5. The molecule has 2 aromatic heterocycles. The van der Waals surface area contributed by atoms with Crippen LogP contribution in [0, 0.1) is 6.92 Å². The fraction of sp³-hybridized carbons (Fsp3) is 0.318. The third-order valence-electron chi connectivity index (χ3n) is 4.72. The predicted molar refractivity (Wildman–Crippen MR) is 113 cm³/mol. The van der Waals surface area contributed by atoms with Crippen LogP contribution >= 0.6 is 0 Å². The van der Waals surface area contributed by atoms with Gasteiger partial charge in [-0.1, -0.05) is 18.2 Å². The Morgan fingerprint density at radius 1 is 1.03 bits per heavy atom. The number of pyridine rings is 1. The van der Waals surface area contributed by atoms with E-state index in [0.717, 1.165) is 54.8 Å². The van der Waals surface area contributed by atoms with Crippen molar-refractivity contribution < 1.29 is 9.47 Å². The zero-order chi connectivity index (χ0) is 19.9. The molecular weight excluding hydrogens is 366 g/mol. The number of nitrogens with zero attached hydrogens (tertiary/aromatic N) is 4. The number of hydrogen-bond donors (Lipinski definition) is 1. The van der Waals surface area contributed by atoms with E-state index >= 15 is 0 Å². The summed E-state index contributed by atoms with van der Waals surface area (Å²) in [5.41, 5.74) is 1.89. The van der Waals surface area contributed by atoms with Crippen LogP contribution < -0.4 is 15.0 Å². The van der Waals surface area contributed by atoms with Gasteiger partial charge in [0.2, 0.25) is 0 Å². The summed E-state index contributed by atoms with van der Waals surface area (Å²) in [7, 11) is 0. The molecule has 150 valence electrons. The van der Waals surface area contributed by atoms with E-state index < -0.39 is 0 Å². The largest absolute Gasteiger partial charge is 0.492 e.